The number of aromatic nitrogens is 2. The summed E-state index contributed by atoms with van der Waals surface area (Å²) >= 11 is 0. The van der Waals surface area contributed by atoms with Crippen molar-refractivity contribution in [2.75, 3.05) is 9.80 Å². The monoisotopic (exact) mass is 1300 g/mol. The van der Waals surface area contributed by atoms with Crippen LogP contribution >= 0.6 is 0 Å². The molecular formula is C78H81N4O2Pt-3. The fraction of sp³-hybridized carbons (Fsp3) is 0.308. The molecule has 0 N–H and O–H groups in total. The van der Waals surface area contributed by atoms with Crippen LogP contribution in [0.25, 0.3) is 71.8 Å². The van der Waals surface area contributed by atoms with Crippen LogP contribution in [0.1, 0.15) is 158 Å². The van der Waals surface area contributed by atoms with Gasteiger partial charge in [-0.2, -0.15) is 6.07 Å². The third-order valence-electron chi connectivity index (χ3n) is 17.0. The summed E-state index contributed by atoms with van der Waals surface area (Å²) in [6.45, 7) is 43.7. The largest absolute Gasteiger partial charge is 0.509 e. The van der Waals surface area contributed by atoms with E-state index < -0.39 is 0 Å². The second kappa shape index (κ2) is 20.9. The zero-order valence-corrected chi connectivity index (χ0v) is 55.3. The summed E-state index contributed by atoms with van der Waals surface area (Å²) in [4.78, 5) is 9.75. The standard InChI is InChI=1S/C78H81N4O2.Pt/c1-73(2,3)50-34-35-79-69(44-50)82-66-33-32-62-61-24-19-22-29-68(61)84-72(62)70(66)63-31-30-57(46-67(63)82)83-58-43-55(78(16,17)18)42-56(45-58)80-47-81(65-28-21-20-27-64(65)80)71-59(48-36-51(74(4,5)6)40-52(37-48)75(7,8)9)25-23-26-60(71)49-38-53(76(10,11)12)41-54(39-49)77(13,14)15;/h19-44,47H,1-18H3;/q-3;. The third kappa shape index (κ3) is 11.0. The van der Waals surface area contributed by atoms with Gasteiger partial charge in [0.1, 0.15) is 17.0 Å². The predicted octanol–water partition coefficient (Wildman–Crippen LogP) is 22.0. The molecule has 0 unspecified atom stereocenters. The van der Waals surface area contributed by atoms with Crippen LogP contribution in [0.5, 0.6) is 11.5 Å². The van der Waals surface area contributed by atoms with Gasteiger partial charge in [-0.15, -0.1) is 48.3 Å². The molecule has 7 heteroatoms. The van der Waals surface area contributed by atoms with Crippen LogP contribution in [0.3, 0.4) is 0 Å². The Bertz CT molecular complexity index is 4240. The van der Waals surface area contributed by atoms with Crippen molar-refractivity contribution >= 4 is 66.5 Å². The minimum absolute atomic E-state index is 0. The van der Waals surface area contributed by atoms with Gasteiger partial charge in [-0.25, -0.2) is 4.98 Å². The molecule has 0 saturated carbocycles. The van der Waals surface area contributed by atoms with Crippen molar-refractivity contribution in [3.63, 3.8) is 0 Å². The Balaban J connectivity index is 0.00000752. The smallest absolute Gasteiger partial charge is 0.135 e. The van der Waals surface area contributed by atoms with E-state index in [1.807, 2.05) is 24.4 Å². The molecule has 0 radical (unpaired) electrons. The Morgan fingerprint density at radius 3 is 1.53 bits per heavy atom. The first kappa shape index (κ1) is 59.3. The molecule has 8 aromatic carbocycles. The molecule has 0 spiro atoms. The van der Waals surface area contributed by atoms with Gasteiger partial charge in [-0.3, -0.25) is 0 Å². The van der Waals surface area contributed by atoms with E-state index >= 15 is 0 Å². The Kier molecular flexibility index (Phi) is 14.6. The van der Waals surface area contributed by atoms with Crippen LogP contribution in [0.15, 0.2) is 162 Å². The van der Waals surface area contributed by atoms with E-state index in [0.29, 0.717) is 11.5 Å². The molecule has 0 aliphatic carbocycles. The molecule has 0 saturated heterocycles. The van der Waals surface area contributed by atoms with E-state index in [1.54, 1.807) is 0 Å². The van der Waals surface area contributed by atoms with E-state index in [-0.39, 0.29) is 53.6 Å². The molecule has 0 atom stereocenters. The first-order valence-corrected chi connectivity index (χ1v) is 29.9. The molecule has 1 aliphatic heterocycles. The van der Waals surface area contributed by atoms with Crippen LogP contribution in [0.4, 0.5) is 22.7 Å². The number of anilines is 4. The van der Waals surface area contributed by atoms with Crippen molar-refractivity contribution < 1.29 is 30.2 Å². The Morgan fingerprint density at radius 2 is 0.965 bits per heavy atom. The molecule has 11 aromatic rings. The Hall–Kier alpha value is -7.40. The van der Waals surface area contributed by atoms with Crippen molar-refractivity contribution in [2.24, 2.45) is 0 Å². The van der Waals surface area contributed by atoms with Gasteiger partial charge in [0.25, 0.3) is 0 Å². The number of rotatable bonds is 7. The third-order valence-corrected chi connectivity index (χ3v) is 17.0. The number of para-hydroxylation sites is 4. The quantitative estimate of drug-likeness (QED) is 0.149. The van der Waals surface area contributed by atoms with E-state index in [2.05, 4.69) is 291 Å². The SMILES string of the molecule is CC(C)(C)c1cc(Oc2[c-]c3c(cc2)c2c4oc5ccccc5c4ccc2n3-c2cc(C(C)(C)C)ccn2)[c-]c(N2[CH-]N(c3c(-c4cc(C(C)(C)C)cc(C(C)(C)C)c4)cccc3-c3cc(C(C)(C)C)cc(C(C)(C)C)c3)c3ccccc32)c1.[Pt]. The van der Waals surface area contributed by atoms with Gasteiger partial charge in [0.15, 0.2) is 0 Å². The Labute approximate surface area is 519 Å². The zero-order valence-electron chi connectivity index (χ0n) is 53.0. The van der Waals surface area contributed by atoms with Crippen LogP contribution in [-0.2, 0) is 53.6 Å². The van der Waals surface area contributed by atoms with Crippen molar-refractivity contribution in [1.82, 2.24) is 9.55 Å². The normalized spacial score (nSPS) is 13.6. The number of hydrogen-bond donors (Lipinski definition) is 0. The molecule has 4 heterocycles. The summed E-state index contributed by atoms with van der Waals surface area (Å²) < 4.78 is 16.0. The van der Waals surface area contributed by atoms with E-state index in [1.165, 1.54) is 38.9 Å². The summed E-state index contributed by atoms with van der Waals surface area (Å²) in [5, 5.41) is 4.17. The summed E-state index contributed by atoms with van der Waals surface area (Å²) in [7, 11) is 0. The maximum atomic E-state index is 7.11. The number of benzene rings is 8. The number of furan rings is 1. The van der Waals surface area contributed by atoms with Crippen LogP contribution in [-0.4, -0.2) is 9.55 Å². The number of hydrogen-bond acceptors (Lipinski definition) is 5. The zero-order chi connectivity index (χ0) is 59.8. The first-order chi connectivity index (χ1) is 39.4. The van der Waals surface area contributed by atoms with Gasteiger partial charge >= 0.3 is 0 Å². The molecule has 3 aromatic heterocycles. The molecule has 0 amide bonds. The van der Waals surface area contributed by atoms with Crippen molar-refractivity contribution in [2.45, 2.75) is 157 Å². The number of pyridine rings is 1. The second-order valence-corrected chi connectivity index (χ2v) is 29.6. The maximum Gasteiger partial charge on any atom is 0.135 e. The molecule has 438 valence electrons. The number of nitrogens with zero attached hydrogens (tertiary/aromatic N) is 4. The molecule has 1 aliphatic rings. The van der Waals surface area contributed by atoms with E-state index in [0.717, 1.165) is 89.0 Å². The molecule has 85 heavy (non-hydrogen) atoms. The molecule has 0 bridgehead atoms. The Morgan fingerprint density at radius 1 is 0.447 bits per heavy atom. The van der Waals surface area contributed by atoms with Crippen molar-refractivity contribution in [3.05, 3.63) is 210 Å². The molecular weight excluding hydrogens is 1220 g/mol. The van der Waals surface area contributed by atoms with Crippen LogP contribution < -0.4 is 14.5 Å². The topological polar surface area (TPSA) is 46.7 Å². The molecule has 12 rings (SSSR count). The molecule has 6 nitrogen and oxygen atoms in total. The van der Waals surface area contributed by atoms with Gasteiger partial charge in [0, 0.05) is 83.2 Å². The molecule has 0 fully saturated rings. The first-order valence-electron chi connectivity index (χ1n) is 29.9. The van der Waals surface area contributed by atoms with E-state index in [4.69, 9.17) is 14.1 Å². The summed E-state index contributed by atoms with van der Waals surface area (Å²) in [5.74, 6) is 1.97. The maximum absolute atomic E-state index is 7.11. The van der Waals surface area contributed by atoms with Gasteiger partial charge in [0.05, 0.1) is 0 Å². The van der Waals surface area contributed by atoms with Crippen molar-refractivity contribution in [3.8, 4) is 39.6 Å². The number of fused-ring (bicyclic) bond motifs is 8. The number of ether oxygens (including phenoxy) is 1. The summed E-state index contributed by atoms with van der Waals surface area (Å²) in [6.07, 6.45) is 1.91. The summed E-state index contributed by atoms with van der Waals surface area (Å²) in [6, 6.07) is 63.4. The predicted molar refractivity (Wildman–Crippen MR) is 355 cm³/mol. The fourth-order valence-corrected chi connectivity index (χ4v) is 11.8. The average Bonchev–Trinajstić information content (AvgIpc) is 1.99. The van der Waals surface area contributed by atoms with Gasteiger partial charge in [0.2, 0.25) is 0 Å². The second-order valence-electron chi connectivity index (χ2n) is 29.6. The minimum Gasteiger partial charge on any atom is -0.509 e. The van der Waals surface area contributed by atoms with Gasteiger partial charge in [-0.1, -0.05) is 220 Å². The average molecular weight is 1300 g/mol. The van der Waals surface area contributed by atoms with Gasteiger partial charge in [-0.05, 0) is 119 Å². The fourth-order valence-electron chi connectivity index (χ4n) is 11.8. The van der Waals surface area contributed by atoms with Crippen LogP contribution in [0, 0.1) is 18.8 Å². The van der Waals surface area contributed by atoms with Gasteiger partial charge < -0.3 is 23.5 Å². The summed E-state index contributed by atoms with van der Waals surface area (Å²) in [5.41, 5.74) is 19.3. The minimum atomic E-state index is -0.242. The van der Waals surface area contributed by atoms with Crippen LogP contribution in [0.2, 0.25) is 0 Å². The van der Waals surface area contributed by atoms with Crippen molar-refractivity contribution in [1.29, 1.82) is 0 Å². The van der Waals surface area contributed by atoms with E-state index in [9.17, 15) is 0 Å².